The molecule has 4 amide bonds. The van der Waals surface area contributed by atoms with E-state index >= 15 is 0 Å². The maximum Gasteiger partial charge on any atom is 0.501 e. The van der Waals surface area contributed by atoms with Crippen LogP contribution in [0.5, 0.6) is 0 Å². The molecule has 0 spiro atoms. The Kier molecular flexibility index (Phi) is 8.28. The van der Waals surface area contributed by atoms with Crippen LogP contribution in [0.25, 0.3) is 0 Å². The first kappa shape index (κ1) is 19.1. The molecule has 0 saturated heterocycles. The second-order valence-electron chi connectivity index (χ2n) is 4.36. The molecule has 0 fully saturated rings. The molecule has 0 bridgehead atoms. The molecule has 0 radical (unpaired) electrons. The van der Waals surface area contributed by atoms with Crippen molar-refractivity contribution < 1.29 is 19.2 Å². The first-order valence-corrected chi connectivity index (χ1v) is 9.06. The van der Waals surface area contributed by atoms with Gasteiger partial charge in [0.25, 0.3) is 0 Å². The Morgan fingerprint density at radius 3 is 0.905 bits per heavy atom. The Hall–Kier alpha value is -1.90. The first-order chi connectivity index (χ1) is 9.82. The van der Waals surface area contributed by atoms with Gasteiger partial charge in [-0.15, -0.1) is 0 Å². The Bertz CT molecular complexity index is 337. The van der Waals surface area contributed by atoms with Crippen LogP contribution in [0.15, 0.2) is 0 Å². The highest BCUT2D eigenvalue weighted by Crippen LogP contribution is 1.93. The molecule has 0 aliphatic carbocycles. The summed E-state index contributed by atoms with van der Waals surface area (Å²) in [4.78, 5) is 57.1. The fraction of sp³-hybridized carbons (Fsp3) is 0.667. The number of nitrogens with one attached hydrogen (secondary N) is 4. The number of hydrogen-bond acceptors (Lipinski definition) is 4. The van der Waals surface area contributed by atoms with Crippen LogP contribution in [0.4, 0.5) is 0 Å². The minimum absolute atomic E-state index is 0.167. The second kappa shape index (κ2) is 9.11. The smallest absolute Gasteiger partial charge is 0.331 e. The van der Waals surface area contributed by atoms with Gasteiger partial charge in [-0.25, -0.2) is 0 Å². The Morgan fingerprint density at radius 1 is 0.571 bits per heavy atom. The fourth-order valence-electron chi connectivity index (χ4n) is 1.38. The van der Waals surface area contributed by atoms with E-state index in [1.165, 1.54) is 0 Å². The summed E-state index contributed by atoms with van der Waals surface area (Å²) in [6.45, 7) is 6.55. The molecule has 120 valence electrons. The fourth-order valence-corrected chi connectivity index (χ4v) is 4.13. The predicted octanol–water partition coefficient (Wildman–Crippen LogP) is -0.473. The number of amides is 4. The van der Waals surface area contributed by atoms with E-state index in [1.807, 2.05) is 0 Å². The summed E-state index contributed by atoms with van der Waals surface area (Å²) in [6.07, 6.45) is 0.670. The predicted molar refractivity (Wildman–Crippen MR) is 79.5 cm³/mol. The van der Waals surface area contributed by atoms with E-state index in [4.69, 9.17) is 0 Å². The van der Waals surface area contributed by atoms with Crippen LogP contribution in [0.1, 0.15) is 53.4 Å². The zero-order valence-corrected chi connectivity index (χ0v) is 14.0. The molecule has 0 aromatic heterocycles. The molecule has 0 saturated carbocycles. The zero-order valence-electron chi connectivity index (χ0n) is 13.0. The van der Waals surface area contributed by atoms with Crippen LogP contribution in [-0.4, -0.2) is 32.3 Å². The van der Waals surface area contributed by atoms with Gasteiger partial charge in [0.2, 0.25) is 23.6 Å². The summed E-state index contributed by atoms with van der Waals surface area (Å²) < 4.78 is 0. The molecule has 0 rings (SSSR count). The summed E-state index contributed by atoms with van der Waals surface area (Å²) in [5.41, 5.74) is 0. The largest absolute Gasteiger partial charge is 0.501 e. The lowest BCUT2D eigenvalue weighted by molar-refractivity contribution is -0.120. The third kappa shape index (κ3) is 6.89. The number of hydrogen-bond donors (Lipinski definition) is 4. The van der Waals surface area contributed by atoms with Crippen molar-refractivity contribution in [1.82, 2.24) is 19.9 Å². The van der Waals surface area contributed by atoms with E-state index in [-0.39, 0.29) is 49.3 Å². The normalized spacial score (nSPS) is 10.5. The van der Waals surface area contributed by atoms with Crippen LogP contribution >= 0.6 is 0 Å². The Balaban J connectivity index is 5.43. The zero-order chi connectivity index (χ0) is 16.5. The quantitative estimate of drug-likeness (QED) is 0.453. The van der Waals surface area contributed by atoms with Crippen LogP contribution in [0.2, 0.25) is 0 Å². The molecule has 0 atom stereocenters. The minimum Gasteiger partial charge on any atom is -0.331 e. The lowest BCUT2D eigenvalue weighted by Crippen LogP contribution is -2.84. The van der Waals surface area contributed by atoms with Gasteiger partial charge in [0.05, 0.1) is 0 Å². The van der Waals surface area contributed by atoms with Gasteiger partial charge >= 0.3 is 8.72 Å². The van der Waals surface area contributed by atoms with E-state index in [0.29, 0.717) is 0 Å². The topological polar surface area (TPSA) is 116 Å². The van der Waals surface area contributed by atoms with Gasteiger partial charge < -0.3 is 19.9 Å². The molecular weight excluding hydrogens is 292 g/mol. The number of rotatable bonds is 8. The summed E-state index contributed by atoms with van der Waals surface area (Å²) in [6, 6.07) is 0. The molecule has 0 heterocycles. The molecule has 21 heavy (non-hydrogen) atoms. The minimum atomic E-state index is -3.53. The van der Waals surface area contributed by atoms with Crippen molar-refractivity contribution in [2.24, 2.45) is 0 Å². The van der Waals surface area contributed by atoms with Gasteiger partial charge in [-0.3, -0.25) is 19.2 Å². The van der Waals surface area contributed by atoms with Crippen molar-refractivity contribution in [2.45, 2.75) is 53.4 Å². The van der Waals surface area contributed by atoms with Crippen LogP contribution in [0.3, 0.4) is 0 Å². The van der Waals surface area contributed by atoms with Crippen molar-refractivity contribution in [3.05, 3.63) is 0 Å². The third-order valence-electron chi connectivity index (χ3n) is 2.59. The maximum absolute atomic E-state index is 11.7. The standard InChI is InChI=1S/C12H24N4O4Si/c1-5-9(17)13-21(14-10(18)6-2,15-11(19)7-3)16-12(20)8-4/h5-8H2,1-4H3,(H,13,17)(H,14,18)(H,15,19)(H,16,20). The Morgan fingerprint density at radius 2 is 0.762 bits per heavy atom. The lowest BCUT2D eigenvalue weighted by Gasteiger charge is -2.32. The highest BCUT2D eigenvalue weighted by atomic mass is 28.4. The van der Waals surface area contributed by atoms with Gasteiger partial charge in [0.15, 0.2) is 0 Å². The lowest BCUT2D eigenvalue weighted by atomic mass is 10.5. The molecule has 9 heteroatoms. The van der Waals surface area contributed by atoms with Crippen molar-refractivity contribution in [3.8, 4) is 0 Å². The molecular formula is C12H24N4O4Si. The monoisotopic (exact) mass is 316 g/mol. The number of carbonyl (C=O) groups excluding carboxylic acids is 4. The van der Waals surface area contributed by atoms with Gasteiger partial charge in [-0.1, -0.05) is 27.7 Å². The number of carbonyl (C=O) groups is 4. The van der Waals surface area contributed by atoms with Crippen LogP contribution < -0.4 is 19.9 Å². The third-order valence-corrected chi connectivity index (χ3v) is 5.21. The van der Waals surface area contributed by atoms with Crippen molar-refractivity contribution in [1.29, 1.82) is 0 Å². The average molecular weight is 316 g/mol. The van der Waals surface area contributed by atoms with Crippen LogP contribution in [0, 0.1) is 0 Å². The molecule has 0 aliphatic rings. The molecule has 8 nitrogen and oxygen atoms in total. The summed E-state index contributed by atoms with van der Waals surface area (Å²) in [5.74, 6) is -1.48. The van der Waals surface area contributed by atoms with E-state index in [9.17, 15) is 19.2 Å². The highest BCUT2D eigenvalue weighted by molar-refractivity contribution is 6.78. The van der Waals surface area contributed by atoms with Crippen molar-refractivity contribution in [3.63, 3.8) is 0 Å². The van der Waals surface area contributed by atoms with E-state index < -0.39 is 8.72 Å². The van der Waals surface area contributed by atoms with Crippen molar-refractivity contribution in [2.75, 3.05) is 0 Å². The Labute approximate surface area is 125 Å². The highest BCUT2D eigenvalue weighted by Gasteiger charge is 2.43. The molecule has 0 aliphatic heterocycles. The van der Waals surface area contributed by atoms with Crippen LogP contribution in [-0.2, 0) is 19.2 Å². The molecule has 0 aromatic rings. The van der Waals surface area contributed by atoms with E-state index in [2.05, 4.69) is 19.9 Å². The van der Waals surface area contributed by atoms with Gasteiger partial charge in [-0.05, 0) is 0 Å². The van der Waals surface area contributed by atoms with Gasteiger partial charge in [-0.2, -0.15) is 0 Å². The van der Waals surface area contributed by atoms with E-state index in [0.717, 1.165) is 0 Å². The molecule has 4 N–H and O–H groups in total. The van der Waals surface area contributed by atoms with Crippen molar-refractivity contribution >= 4 is 32.3 Å². The van der Waals surface area contributed by atoms with Gasteiger partial charge in [0.1, 0.15) is 0 Å². The summed E-state index contributed by atoms with van der Waals surface area (Å²) in [5, 5.41) is 0. The summed E-state index contributed by atoms with van der Waals surface area (Å²) >= 11 is 0. The van der Waals surface area contributed by atoms with E-state index in [1.54, 1.807) is 27.7 Å². The first-order valence-electron chi connectivity index (χ1n) is 7.06. The average Bonchev–Trinajstić information content (AvgIpc) is 2.46. The molecule has 0 aromatic carbocycles. The van der Waals surface area contributed by atoms with Gasteiger partial charge in [0, 0.05) is 25.7 Å². The molecule has 0 unspecified atom stereocenters. The SMILES string of the molecule is CCC(=O)N[Si](NC(=O)CC)(NC(=O)CC)NC(=O)CC. The second-order valence-corrected chi connectivity index (χ2v) is 6.86. The maximum atomic E-state index is 11.7. The summed E-state index contributed by atoms with van der Waals surface area (Å²) in [7, 11) is -3.53.